The fraction of sp³-hybridized carbons (Fsp3) is 0.435. The van der Waals surface area contributed by atoms with Gasteiger partial charge in [-0.15, -0.1) is 0 Å². The van der Waals surface area contributed by atoms with E-state index < -0.39 is 10.0 Å². The molecule has 168 valence electrons. The van der Waals surface area contributed by atoms with Crippen molar-refractivity contribution >= 4 is 21.9 Å². The third kappa shape index (κ3) is 5.94. The highest BCUT2D eigenvalue weighted by atomic mass is 32.2. The van der Waals surface area contributed by atoms with E-state index in [1.165, 1.54) is 42.5 Å². The molecule has 2 aromatic rings. The van der Waals surface area contributed by atoms with Gasteiger partial charge in [-0.3, -0.25) is 4.31 Å². The first-order valence-electron chi connectivity index (χ1n) is 10.5. The number of nitrogens with zero attached hydrogens (tertiary/aromatic N) is 1. The lowest BCUT2D eigenvalue weighted by molar-refractivity contribution is -0.191. The van der Waals surface area contributed by atoms with E-state index in [2.05, 4.69) is 12.2 Å². The normalized spacial score (nSPS) is 16.2. The van der Waals surface area contributed by atoms with Crippen LogP contribution in [-0.2, 0) is 19.6 Å². The first-order chi connectivity index (χ1) is 14.9. The number of anilines is 1. The van der Waals surface area contributed by atoms with E-state index in [9.17, 15) is 13.5 Å². The molecule has 1 heterocycles. The smallest absolute Gasteiger partial charge is 0.373 e. The third-order valence-electron chi connectivity index (χ3n) is 5.41. The maximum atomic E-state index is 13.1. The van der Waals surface area contributed by atoms with Gasteiger partial charge >= 0.3 is 6.15 Å². The van der Waals surface area contributed by atoms with Gasteiger partial charge in [0.05, 0.1) is 16.6 Å². The van der Waals surface area contributed by atoms with Crippen LogP contribution in [0.2, 0.25) is 0 Å². The molecular formula is C23H30N2O5S. The van der Waals surface area contributed by atoms with Gasteiger partial charge in [-0.05, 0) is 36.2 Å². The Balaban J connectivity index is 0.00000107. The summed E-state index contributed by atoms with van der Waals surface area (Å²) in [6.07, 6.45) is 7.50. The predicted octanol–water partition coefficient (Wildman–Crippen LogP) is 3.99. The van der Waals surface area contributed by atoms with Gasteiger partial charge in [0.15, 0.2) is 0 Å². The Morgan fingerprint density at radius 2 is 1.65 bits per heavy atom. The summed E-state index contributed by atoms with van der Waals surface area (Å²) in [7, 11) is -2.17. The Kier molecular flexibility index (Phi) is 9.24. The van der Waals surface area contributed by atoms with Crippen LogP contribution in [0, 0.1) is 0 Å². The quantitative estimate of drug-likeness (QED) is 0.594. The van der Waals surface area contributed by atoms with Gasteiger partial charge in [0.1, 0.15) is 5.75 Å². The molecule has 8 heteroatoms. The van der Waals surface area contributed by atoms with Gasteiger partial charge in [-0.25, -0.2) is 8.42 Å². The van der Waals surface area contributed by atoms with E-state index in [1.54, 1.807) is 19.2 Å². The van der Waals surface area contributed by atoms with Crippen molar-refractivity contribution in [2.75, 3.05) is 17.9 Å². The highest BCUT2D eigenvalue weighted by molar-refractivity contribution is 7.92. The number of phenols is 1. The first-order valence-corrected chi connectivity index (χ1v) is 12.0. The molecule has 0 amide bonds. The number of aromatic hydroxyl groups is 1. The Labute approximate surface area is 184 Å². The number of nitrogens with one attached hydrogen (secondary N) is 1. The van der Waals surface area contributed by atoms with E-state index in [-0.39, 0.29) is 22.8 Å². The van der Waals surface area contributed by atoms with Crippen LogP contribution in [0.1, 0.15) is 62.6 Å². The van der Waals surface area contributed by atoms with Crippen molar-refractivity contribution in [3.8, 4) is 5.75 Å². The number of sulfonamides is 1. The summed E-state index contributed by atoms with van der Waals surface area (Å²) in [5.74, 6) is -0.0450. The van der Waals surface area contributed by atoms with Crippen LogP contribution in [0.3, 0.4) is 0 Å². The minimum absolute atomic E-state index is 0.0450. The Morgan fingerprint density at radius 1 is 1.00 bits per heavy atom. The molecule has 0 spiro atoms. The summed E-state index contributed by atoms with van der Waals surface area (Å²) < 4.78 is 27.6. The van der Waals surface area contributed by atoms with E-state index in [1.807, 2.05) is 24.3 Å². The number of hydrogen-bond donors (Lipinski definition) is 2. The van der Waals surface area contributed by atoms with Crippen molar-refractivity contribution in [2.24, 2.45) is 0 Å². The number of para-hydroxylation sites is 1. The molecule has 0 saturated carbocycles. The van der Waals surface area contributed by atoms with E-state index >= 15 is 0 Å². The topological polar surface area (TPSA) is 104 Å². The van der Waals surface area contributed by atoms with Gasteiger partial charge in [0.25, 0.3) is 10.0 Å². The van der Waals surface area contributed by atoms with Crippen LogP contribution in [0.15, 0.2) is 47.4 Å². The summed E-state index contributed by atoms with van der Waals surface area (Å²) in [6.45, 7) is 3.03. The average molecular weight is 447 g/mol. The molecule has 0 aromatic heterocycles. The van der Waals surface area contributed by atoms with Crippen LogP contribution < -0.4 is 9.62 Å². The molecule has 1 unspecified atom stereocenters. The van der Waals surface area contributed by atoms with Crippen molar-refractivity contribution in [2.45, 2.75) is 56.4 Å². The third-order valence-corrected chi connectivity index (χ3v) is 7.24. The maximum Gasteiger partial charge on any atom is 0.373 e. The molecule has 0 aliphatic carbocycles. The summed E-state index contributed by atoms with van der Waals surface area (Å²) in [6, 6.07) is 12.0. The zero-order valence-corrected chi connectivity index (χ0v) is 18.8. The monoisotopic (exact) mass is 446 g/mol. The number of carbonyl (C=O) groups excluding carboxylic acids is 2. The van der Waals surface area contributed by atoms with E-state index in [4.69, 9.17) is 9.59 Å². The maximum absolute atomic E-state index is 13.1. The van der Waals surface area contributed by atoms with Gasteiger partial charge in [0.2, 0.25) is 0 Å². The standard InChI is InChI=1S/C22H30N2O3S.CO2/c1-3-4-5-6-7-10-15-23-22-18-11-8-9-12-20(18)24(2)28(26,27)21-16-17(25)13-14-19(21)22;2-1-3/h8-9,11-14,16,22-23,25H,3-7,10,15H2,1-2H3;. The number of fused-ring (bicyclic) bond motifs is 2. The highest BCUT2D eigenvalue weighted by Crippen LogP contribution is 2.40. The molecule has 1 aliphatic heterocycles. The average Bonchev–Trinajstić information content (AvgIpc) is 2.82. The molecule has 0 radical (unpaired) electrons. The molecule has 0 saturated heterocycles. The molecule has 31 heavy (non-hydrogen) atoms. The van der Waals surface area contributed by atoms with Gasteiger partial charge in [-0.1, -0.05) is 63.3 Å². The Morgan fingerprint density at radius 3 is 2.35 bits per heavy atom. The zero-order valence-electron chi connectivity index (χ0n) is 18.0. The number of rotatable bonds is 8. The SMILES string of the molecule is CCCCCCCCNC1c2ccccc2N(C)S(=O)(=O)c2cc(O)ccc21.O=C=O. The molecule has 7 nitrogen and oxygen atoms in total. The van der Waals surface area contributed by atoms with Gasteiger partial charge in [-0.2, -0.15) is 9.59 Å². The lowest BCUT2D eigenvalue weighted by atomic mass is 9.96. The predicted molar refractivity (Wildman–Crippen MR) is 118 cm³/mol. The fourth-order valence-electron chi connectivity index (χ4n) is 3.82. The van der Waals surface area contributed by atoms with Crippen LogP contribution in [-0.4, -0.2) is 33.3 Å². The second-order valence-electron chi connectivity index (χ2n) is 7.49. The lowest BCUT2D eigenvalue weighted by Crippen LogP contribution is -2.26. The van der Waals surface area contributed by atoms with Crippen LogP contribution in [0.5, 0.6) is 5.75 Å². The fourth-order valence-corrected chi connectivity index (χ4v) is 5.29. The number of unbranched alkanes of at least 4 members (excludes halogenated alkanes) is 5. The summed E-state index contributed by atoms with van der Waals surface area (Å²) in [4.78, 5) is 16.4. The molecule has 2 N–H and O–H groups in total. The summed E-state index contributed by atoms with van der Waals surface area (Å²) in [5, 5.41) is 13.5. The lowest BCUT2D eigenvalue weighted by Gasteiger charge is -2.22. The summed E-state index contributed by atoms with van der Waals surface area (Å²) >= 11 is 0. The van der Waals surface area contributed by atoms with Crippen molar-refractivity contribution in [3.05, 3.63) is 53.6 Å². The number of benzene rings is 2. The largest absolute Gasteiger partial charge is 0.508 e. The first kappa shape index (κ1) is 24.6. The second kappa shape index (κ2) is 11.6. The molecule has 1 atom stereocenters. The van der Waals surface area contributed by atoms with Crippen LogP contribution in [0.25, 0.3) is 0 Å². The minimum atomic E-state index is -3.74. The number of hydrogen-bond acceptors (Lipinski definition) is 6. The summed E-state index contributed by atoms with van der Waals surface area (Å²) in [5.41, 5.74) is 2.28. The van der Waals surface area contributed by atoms with Gasteiger partial charge < -0.3 is 10.4 Å². The minimum Gasteiger partial charge on any atom is -0.508 e. The molecule has 0 fully saturated rings. The molecule has 1 aliphatic rings. The zero-order chi connectivity index (χ0) is 22.9. The molecule has 2 aromatic carbocycles. The van der Waals surface area contributed by atoms with Crippen LogP contribution in [0.4, 0.5) is 5.69 Å². The van der Waals surface area contributed by atoms with Crippen LogP contribution >= 0.6 is 0 Å². The Hall–Kier alpha value is -2.67. The molecular weight excluding hydrogens is 416 g/mol. The van der Waals surface area contributed by atoms with E-state index in [0.29, 0.717) is 11.3 Å². The van der Waals surface area contributed by atoms with Crippen molar-refractivity contribution in [1.82, 2.24) is 5.32 Å². The molecule has 3 rings (SSSR count). The number of phenolic OH excluding ortho intramolecular Hbond substituents is 1. The van der Waals surface area contributed by atoms with Crippen molar-refractivity contribution < 1.29 is 23.1 Å². The second-order valence-corrected chi connectivity index (χ2v) is 9.43. The van der Waals surface area contributed by atoms with E-state index in [0.717, 1.165) is 18.5 Å². The molecule has 0 bridgehead atoms. The Bertz CT molecular complexity index is 1000. The highest BCUT2D eigenvalue weighted by Gasteiger charge is 2.34. The van der Waals surface area contributed by atoms with Crippen molar-refractivity contribution in [3.63, 3.8) is 0 Å². The van der Waals surface area contributed by atoms with Crippen molar-refractivity contribution in [1.29, 1.82) is 0 Å². The van der Waals surface area contributed by atoms with Gasteiger partial charge in [0, 0.05) is 13.1 Å².